The predicted molar refractivity (Wildman–Crippen MR) is 82.3 cm³/mol. The highest BCUT2D eigenvalue weighted by molar-refractivity contribution is 5.87. The molecule has 1 unspecified atom stereocenters. The van der Waals surface area contributed by atoms with E-state index in [1.807, 2.05) is 12.1 Å². The van der Waals surface area contributed by atoms with Gasteiger partial charge in [-0.25, -0.2) is 4.79 Å². The van der Waals surface area contributed by atoms with E-state index >= 15 is 0 Å². The van der Waals surface area contributed by atoms with Gasteiger partial charge in [-0.15, -0.1) is 0 Å². The first-order valence-corrected chi connectivity index (χ1v) is 7.65. The van der Waals surface area contributed by atoms with Crippen molar-refractivity contribution >= 4 is 5.97 Å². The zero-order chi connectivity index (χ0) is 15.5. The van der Waals surface area contributed by atoms with Crippen LogP contribution >= 0.6 is 0 Å². The average molecular weight is 291 g/mol. The molecule has 4 nitrogen and oxygen atoms in total. The van der Waals surface area contributed by atoms with Crippen molar-refractivity contribution in [1.82, 2.24) is 4.90 Å². The first kappa shape index (κ1) is 16.0. The second-order valence-electron chi connectivity index (χ2n) is 6.51. The molecule has 1 fully saturated rings. The van der Waals surface area contributed by atoms with Gasteiger partial charge < -0.3 is 10.2 Å². The molecule has 2 rings (SSSR count). The van der Waals surface area contributed by atoms with Gasteiger partial charge >= 0.3 is 5.97 Å². The fourth-order valence-corrected chi connectivity index (χ4v) is 3.45. The van der Waals surface area contributed by atoms with Crippen molar-refractivity contribution in [2.45, 2.75) is 45.2 Å². The van der Waals surface area contributed by atoms with Crippen LogP contribution in [0, 0.1) is 5.92 Å². The molecule has 0 spiro atoms. The molecule has 1 aliphatic rings. The first-order valence-electron chi connectivity index (χ1n) is 7.65. The maximum atomic E-state index is 10.9. The third-order valence-electron chi connectivity index (χ3n) is 4.40. The zero-order valence-corrected chi connectivity index (χ0v) is 12.9. The summed E-state index contributed by atoms with van der Waals surface area (Å²) in [4.78, 5) is 13.2. The molecule has 1 atom stereocenters. The molecule has 0 saturated carbocycles. The SMILES string of the molecule is CC(C)CC1(CO)CCCN1Cc1ccc(C(=O)O)cc1. The molecule has 2 N–H and O–H groups in total. The second kappa shape index (κ2) is 6.58. The van der Waals surface area contributed by atoms with Crippen LogP contribution in [-0.4, -0.2) is 39.8 Å². The van der Waals surface area contributed by atoms with E-state index < -0.39 is 5.97 Å². The number of likely N-dealkylation sites (tertiary alicyclic amines) is 1. The van der Waals surface area contributed by atoms with E-state index in [0.29, 0.717) is 11.5 Å². The van der Waals surface area contributed by atoms with E-state index in [1.165, 1.54) is 0 Å². The topological polar surface area (TPSA) is 60.8 Å². The minimum Gasteiger partial charge on any atom is -0.478 e. The van der Waals surface area contributed by atoms with Gasteiger partial charge in [0.2, 0.25) is 0 Å². The van der Waals surface area contributed by atoms with Gasteiger partial charge in [0.15, 0.2) is 0 Å². The smallest absolute Gasteiger partial charge is 0.335 e. The molecule has 21 heavy (non-hydrogen) atoms. The van der Waals surface area contributed by atoms with Gasteiger partial charge in [-0.2, -0.15) is 0 Å². The van der Waals surface area contributed by atoms with Gasteiger partial charge in [0.1, 0.15) is 0 Å². The monoisotopic (exact) mass is 291 g/mol. The highest BCUT2D eigenvalue weighted by Crippen LogP contribution is 2.35. The summed E-state index contributed by atoms with van der Waals surface area (Å²) in [6.07, 6.45) is 3.14. The minimum atomic E-state index is -0.896. The van der Waals surface area contributed by atoms with Crippen molar-refractivity contribution < 1.29 is 15.0 Å². The normalized spacial score (nSPS) is 22.9. The Balaban J connectivity index is 2.11. The Morgan fingerprint density at radius 3 is 2.52 bits per heavy atom. The molecule has 1 aromatic carbocycles. The van der Waals surface area contributed by atoms with Gasteiger partial charge in [0.25, 0.3) is 0 Å². The Bertz CT molecular complexity index is 483. The molecular weight excluding hydrogens is 266 g/mol. The Hall–Kier alpha value is -1.39. The molecular formula is C17H25NO3. The number of carboxylic acid groups (broad SMARTS) is 1. The maximum absolute atomic E-state index is 10.9. The third-order valence-corrected chi connectivity index (χ3v) is 4.40. The lowest BCUT2D eigenvalue weighted by Gasteiger charge is -2.38. The summed E-state index contributed by atoms with van der Waals surface area (Å²) in [7, 11) is 0. The predicted octanol–water partition coefficient (Wildman–Crippen LogP) is 2.76. The molecule has 0 aromatic heterocycles. The van der Waals surface area contributed by atoms with Gasteiger partial charge in [-0.1, -0.05) is 26.0 Å². The van der Waals surface area contributed by atoms with Crippen molar-refractivity contribution in [1.29, 1.82) is 0 Å². The number of hydrogen-bond acceptors (Lipinski definition) is 3. The van der Waals surface area contributed by atoms with Crippen molar-refractivity contribution in [3.63, 3.8) is 0 Å². The number of aliphatic hydroxyl groups is 1. The quantitative estimate of drug-likeness (QED) is 0.846. The van der Waals surface area contributed by atoms with Crippen LogP contribution < -0.4 is 0 Å². The number of aromatic carboxylic acids is 1. The largest absolute Gasteiger partial charge is 0.478 e. The second-order valence-corrected chi connectivity index (χ2v) is 6.51. The number of benzene rings is 1. The molecule has 116 valence electrons. The highest BCUT2D eigenvalue weighted by Gasteiger charge is 2.40. The van der Waals surface area contributed by atoms with E-state index in [-0.39, 0.29) is 12.1 Å². The number of rotatable bonds is 6. The molecule has 1 aromatic rings. The maximum Gasteiger partial charge on any atom is 0.335 e. The van der Waals surface area contributed by atoms with E-state index in [0.717, 1.165) is 37.9 Å². The molecule has 1 saturated heterocycles. The van der Waals surface area contributed by atoms with Gasteiger partial charge in [-0.05, 0) is 49.4 Å². The van der Waals surface area contributed by atoms with Crippen molar-refractivity contribution in [3.8, 4) is 0 Å². The van der Waals surface area contributed by atoms with Crippen LogP contribution in [0.25, 0.3) is 0 Å². The summed E-state index contributed by atoms with van der Waals surface area (Å²) in [5.41, 5.74) is 1.30. The molecule has 4 heteroatoms. The van der Waals surface area contributed by atoms with E-state index in [9.17, 15) is 9.90 Å². The molecule has 1 aliphatic heterocycles. The molecule has 1 heterocycles. The summed E-state index contributed by atoms with van der Waals surface area (Å²) in [5, 5.41) is 18.8. The molecule has 0 radical (unpaired) electrons. The van der Waals surface area contributed by atoms with Crippen molar-refractivity contribution in [2.24, 2.45) is 5.92 Å². The number of carbonyl (C=O) groups is 1. The Morgan fingerprint density at radius 2 is 2.00 bits per heavy atom. The zero-order valence-electron chi connectivity index (χ0n) is 12.9. The van der Waals surface area contributed by atoms with Gasteiger partial charge in [-0.3, -0.25) is 4.90 Å². The lowest BCUT2D eigenvalue weighted by Crippen LogP contribution is -2.47. The van der Waals surface area contributed by atoms with Gasteiger partial charge in [0, 0.05) is 12.1 Å². The highest BCUT2D eigenvalue weighted by atomic mass is 16.4. The van der Waals surface area contributed by atoms with E-state index in [2.05, 4.69) is 18.7 Å². The van der Waals surface area contributed by atoms with Crippen molar-refractivity contribution in [2.75, 3.05) is 13.2 Å². The van der Waals surface area contributed by atoms with Crippen LogP contribution in [0.15, 0.2) is 24.3 Å². The van der Waals surface area contributed by atoms with Gasteiger partial charge in [0.05, 0.1) is 12.2 Å². The molecule has 0 bridgehead atoms. The molecule has 0 amide bonds. The first-order chi connectivity index (χ1) is 9.97. The van der Waals surface area contributed by atoms with Crippen LogP contribution in [0.3, 0.4) is 0 Å². The summed E-state index contributed by atoms with van der Waals surface area (Å²) in [6.45, 7) is 6.34. The number of hydrogen-bond donors (Lipinski definition) is 2. The number of aliphatic hydroxyl groups excluding tert-OH is 1. The van der Waals surface area contributed by atoms with Crippen LogP contribution in [0.1, 0.15) is 49.0 Å². The number of carboxylic acids is 1. The minimum absolute atomic E-state index is 0.111. The summed E-state index contributed by atoms with van der Waals surface area (Å²) in [6, 6.07) is 7.05. The van der Waals surface area contributed by atoms with E-state index in [1.54, 1.807) is 12.1 Å². The standard InChI is InChI=1S/C17H25NO3/c1-13(2)10-17(12-19)8-3-9-18(17)11-14-4-6-15(7-5-14)16(20)21/h4-7,13,19H,3,8-12H2,1-2H3,(H,20,21). The summed E-state index contributed by atoms with van der Waals surface area (Å²) >= 11 is 0. The van der Waals surface area contributed by atoms with E-state index in [4.69, 9.17) is 5.11 Å². The fourth-order valence-electron chi connectivity index (χ4n) is 3.45. The van der Waals surface area contributed by atoms with Crippen LogP contribution in [-0.2, 0) is 6.54 Å². The third kappa shape index (κ3) is 3.63. The van der Waals surface area contributed by atoms with Crippen LogP contribution in [0.5, 0.6) is 0 Å². The fraction of sp³-hybridized carbons (Fsp3) is 0.588. The lowest BCUT2D eigenvalue weighted by atomic mass is 9.87. The number of nitrogens with zero attached hydrogens (tertiary/aromatic N) is 1. The lowest BCUT2D eigenvalue weighted by molar-refractivity contribution is 0.0409. The Labute approximate surface area is 126 Å². The average Bonchev–Trinajstić information content (AvgIpc) is 2.82. The molecule has 0 aliphatic carbocycles. The van der Waals surface area contributed by atoms with Crippen LogP contribution in [0.2, 0.25) is 0 Å². The summed E-state index contributed by atoms with van der Waals surface area (Å²) in [5.74, 6) is -0.348. The van der Waals surface area contributed by atoms with Crippen LogP contribution in [0.4, 0.5) is 0 Å². The van der Waals surface area contributed by atoms with Crippen molar-refractivity contribution in [3.05, 3.63) is 35.4 Å². The summed E-state index contributed by atoms with van der Waals surface area (Å²) < 4.78 is 0. The Morgan fingerprint density at radius 1 is 1.33 bits per heavy atom. The Kier molecular flexibility index (Phi) is 5.01.